The molecular formula is C31H27N3O10S2. The first kappa shape index (κ1) is 32.1. The highest BCUT2D eigenvalue weighted by Gasteiger charge is 2.33. The average Bonchev–Trinajstić information content (AvgIpc) is 3.34. The van der Waals surface area contributed by atoms with E-state index in [2.05, 4.69) is 4.99 Å². The van der Waals surface area contributed by atoms with E-state index in [-0.39, 0.29) is 28.2 Å². The van der Waals surface area contributed by atoms with Crippen LogP contribution < -0.4 is 28.5 Å². The lowest BCUT2D eigenvalue weighted by Gasteiger charge is -2.24. The van der Waals surface area contributed by atoms with Crippen LogP contribution in [-0.4, -0.2) is 44.7 Å². The topological polar surface area (TPSA) is 166 Å². The van der Waals surface area contributed by atoms with Crippen LogP contribution in [0.4, 0.5) is 5.69 Å². The van der Waals surface area contributed by atoms with E-state index in [0.717, 1.165) is 23.5 Å². The average molecular weight is 666 g/mol. The number of carbonyl (C=O) groups is 1. The van der Waals surface area contributed by atoms with Gasteiger partial charge in [-0.2, -0.15) is 8.42 Å². The maximum Gasteiger partial charge on any atom is 0.346 e. The highest BCUT2D eigenvalue weighted by molar-refractivity contribution is 7.87. The van der Waals surface area contributed by atoms with Gasteiger partial charge in [0.05, 0.1) is 47.6 Å². The Morgan fingerprint density at radius 2 is 1.78 bits per heavy atom. The van der Waals surface area contributed by atoms with Gasteiger partial charge in [0.1, 0.15) is 5.75 Å². The normalized spacial score (nSPS) is 14.7. The van der Waals surface area contributed by atoms with Crippen LogP contribution in [0.3, 0.4) is 0 Å². The molecule has 0 bridgehead atoms. The highest BCUT2D eigenvalue weighted by atomic mass is 32.2. The lowest BCUT2D eigenvalue weighted by atomic mass is 9.96. The summed E-state index contributed by atoms with van der Waals surface area (Å²) in [7, 11) is -1.77. The molecule has 1 aliphatic heterocycles. The zero-order valence-corrected chi connectivity index (χ0v) is 26.6. The van der Waals surface area contributed by atoms with Crippen LogP contribution in [0.15, 0.2) is 92.7 Å². The number of fused-ring (bicyclic) bond motifs is 1. The molecule has 0 saturated carbocycles. The van der Waals surface area contributed by atoms with Crippen molar-refractivity contribution in [2.75, 3.05) is 20.8 Å². The highest BCUT2D eigenvalue weighted by Crippen LogP contribution is 2.34. The second-order valence-electron chi connectivity index (χ2n) is 9.75. The summed E-state index contributed by atoms with van der Waals surface area (Å²) in [5.41, 5.74) is 0.692. The van der Waals surface area contributed by atoms with Crippen LogP contribution in [0.2, 0.25) is 0 Å². The number of rotatable bonds is 10. The van der Waals surface area contributed by atoms with E-state index in [0.29, 0.717) is 27.4 Å². The Kier molecular flexibility index (Phi) is 9.07. The molecule has 0 spiro atoms. The first-order valence-electron chi connectivity index (χ1n) is 13.7. The first-order chi connectivity index (χ1) is 22.0. The van der Waals surface area contributed by atoms with Crippen LogP contribution in [0, 0.1) is 10.1 Å². The van der Waals surface area contributed by atoms with Crippen molar-refractivity contribution in [1.82, 2.24) is 4.57 Å². The van der Waals surface area contributed by atoms with E-state index in [1.54, 1.807) is 44.2 Å². The molecule has 5 rings (SSSR count). The summed E-state index contributed by atoms with van der Waals surface area (Å²) >= 11 is 1.11. The van der Waals surface area contributed by atoms with Gasteiger partial charge in [0.2, 0.25) is 0 Å². The number of para-hydroxylation sites is 1. The minimum atomic E-state index is -4.61. The quantitative estimate of drug-likeness (QED) is 0.106. The third-order valence-electron chi connectivity index (χ3n) is 6.96. The van der Waals surface area contributed by atoms with E-state index in [1.165, 1.54) is 49.1 Å². The van der Waals surface area contributed by atoms with Gasteiger partial charge in [-0.05, 0) is 61.4 Å². The molecule has 0 unspecified atom stereocenters. The number of hydrogen-bond donors (Lipinski definition) is 0. The molecule has 238 valence electrons. The Morgan fingerprint density at radius 3 is 2.43 bits per heavy atom. The summed E-state index contributed by atoms with van der Waals surface area (Å²) < 4.78 is 48.8. The molecule has 2 heterocycles. The second kappa shape index (κ2) is 13.0. The second-order valence-corrected chi connectivity index (χ2v) is 12.3. The lowest BCUT2D eigenvalue weighted by molar-refractivity contribution is -0.387. The third-order valence-corrected chi connectivity index (χ3v) is 9.23. The molecule has 0 fully saturated rings. The van der Waals surface area contributed by atoms with Crippen LogP contribution in [0.25, 0.3) is 6.08 Å². The van der Waals surface area contributed by atoms with Crippen LogP contribution in [0.5, 0.6) is 17.2 Å². The molecule has 13 nitrogen and oxygen atoms in total. The van der Waals surface area contributed by atoms with E-state index in [4.69, 9.17) is 18.4 Å². The number of esters is 1. The summed E-state index contributed by atoms with van der Waals surface area (Å²) in [6.07, 6.45) is 1.57. The van der Waals surface area contributed by atoms with Crippen LogP contribution in [-0.2, 0) is 19.6 Å². The van der Waals surface area contributed by atoms with Crippen molar-refractivity contribution in [3.8, 4) is 17.2 Å². The van der Waals surface area contributed by atoms with Gasteiger partial charge in [0.25, 0.3) is 11.2 Å². The number of nitrogens with zero attached hydrogens (tertiary/aromatic N) is 3. The smallest absolute Gasteiger partial charge is 0.346 e. The number of ether oxygens (including phenoxy) is 3. The van der Waals surface area contributed by atoms with Crippen molar-refractivity contribution in [3.05, 3.63) is 119 Å². The van der Waals surface area contributed by atoms with Crippen LogP contribution >= 0.6 is 11.3 Å². The molecule has 3 aromatic carbocycles. The largest absolute Gasteiger partial charge is 0.497 e. The minimum Gasteiger partial charge on any atom is -0.497 e. The van der Waals surface area contributed by atoms with Crippen molar-refractivity contribution in [3.63, 3.8) is 0 Å². The zero-order valence-electron chi connectivity index (χ0n) is 25.0. The molecule has 0 radical (unpaired) electrons. The molecule has 46 heavy (non-hydrogen) atoms. The Morgan fingerprint density at radius 1 is 1.07 bits per heavy atom. The summed E-state index contributed by atoms with van der Waals surface area (Å²) in [5.74, 6) is -0.200. The molecule has 0 saturated heterocycles. The SMILES string of the molecule is CCOC(=O)C1=C(C)N=c2s/c(=C\c3ccc(OS(=O)(=O)c4ccccc4[N+](=O)[O-])c(OC)c3)c(=O)n2[C@@H]1c1ccc(OC)cc1. The lowest BCUT2D eigenvalue weighted by Crippen LogP contribution is -2.39. The fraction of sp³-hybridized carbons (Fsp3) is 0.194. The van der Waals surface area contributed by atoms with E-state index in [9.17, 15) is 28.1 Å². The van der Waals surface area contributed by atoms with Crippen molar-refractivity contribution >= 4 is 39.2 Å². The fourth-order valence-corrected chi connectivity index (χ4v) is 7.02. The molecule has 1 aliphatic rings. The summed E-state index contributed by atoms with van der Waals surface area (Å²) in [5, 5.41) is 11.4. The van der Waals surface area contributed by atoms with E-state index >= 15 is 0 Å². The minimum absolute atomic E-state index is 0.000219. The number of nitro benzene ring substituents is 1. The van der Waals surface area contributed by atoms with Crippen molar-refractivity contribution in [2.24, 2.45) is 4.99 Å². The predicted octanol–water partition coefficient (Wildman–Crippen LogP) is 3.49. The van der Waals surface area contributed by atoms with Crippen molar-refractivity contribution in [1.29, 1.82) is 0 Å². The standard InChI is InChI=1S/C31H27N3O10S2/c1-5-43-30(36)27-18(2)32-31-33(28(27)20-11-13-21(41-3)14-12-20)29(35)25(45-31)17-19-10-15-23(24(16-19)42-4)44-46(39,40)26-9-7-6-8-22(26)34(37)38/h6-17,28H,5H2,1-4H3/b25-17-/t28-/m1/s1. The number of hydrogen-bond acceptors (Lipinski definition) is 12. The van der Waals surface area contributed by atoms with Gasteiger partial charge in [-0.3, -0.25) is 19.5 Å². The Bertz CT molecular complexity index is 2170. The molecule has 0 aliphatic carbocycles. The maximum atomic E-state index is 13.9. The number of methoxy groups -OCH3 is 2. The van der Waals surface area contributed by atoms with Gasteiger partial charge in [0.15, 0.2) is 21.2 Å². The Hall–Kier alpha value is -5.28. The van der Waals surface area contributed by atoms with Gasteiger partial charge in [-0.1, -0.05) is 41.7 Å². The zero-order chi connectivity index (χ0) is 33.2. The molecular weight excluding hydrogens is 638 g/mol. The van der Waals surface area contributed by atoms with Gasteiger partial charge >= 0.3 is 16.1 Å². The maximum absolute atomic E-state index is 13.9. The van der Waals surface area contributed by atoms with Gasteiger partial charge in [0, 0.05) is 6.07 Å². The summed E-state index contributed by atoms with van der Waals surface area (Å²) in [6, 6.07) is 15.3. The number of allylic oxidation sites excluding steroid dienone is 1. The number of benzene rings is 3. The molecule has 0 amide bonds. The Labute approximate surface area is 266 Å². The first-order valence-corrected chi connectivity index (χ1v) is 15.9. The molecule has 0 N–H and O–H groups in total. The van der Waals surface area contributed by atoms with Crippen LogP contribution in [0.1, 0.15) is 31.0 Å². The number of carbonyl (C=O) groups excluding carboxylic acids is 1. The third kappa shape index (κ3) is 6.14. The van der Waals surface area contributed by atoms with E-state index < -0.39 is 43.2 Å². The predicted molar refractivity (Wildman–Crippen MR) is 167 cm³/mol. The van der Waals surface area contributed by atoms with E-state index in [1.807, 2.05) is 0 Å². The van der Waals surface area contributed by atoms with Crippen molar-refractivity contribution < 1.29 is 36.5 Å². The molecule has 1 atom stereocenters. The summed E-state index contributed by atoms with van der Waals surface area (Å²) in [4.78, 5) is 41.9. The molecule has 4 aromatic rings. The Balaban J connectivity index is 1.57. The van der Waals surface area contributed by atoms with Crippen molar-refractivity contribution in [2.45, 2.75) is 24.8 Å². The van der Waals surface area contributed by atoms with Gasteiger partial charge < -0.3 is 18.4 Å². The van der Waals surface area contributed by atoms with Gasteiger partial charge in [-0.15, -0.1) is 0 Å². The summed E-state index contributed by atoms with van der Waals surface area (Å²) in [6.45, 7) is 3.51. The number of thiazole rings is 1. The monoisotopic (exact) mass is 665 g/mol. The molecule has 15 heteroatoms. The van der Waals surface area contributed by atoms with Gasteiger partial charge in [-0.25, -0.2) is 9.79 Å². The molecule has 1 aromatic heterocycles. The number of aromatic nitrogens is 1. The fourth-order valence-electron chi connectivity index (χ4n) is 4.87. The number of nitro groups is 1.